The summed E-state index contributed by atoms with van der Waals surface area (Å²) in [5, 5.41) is 9.53. The van der Waals surface area contributed by atoms with Gasteiger partial charge in [-0.3, -0.25) is 14.9 Å². The maximum absolute atomic E-state index is 9.53. The Morgan fingerprint density at radius 2 is 1.58 bits per heavy atom. The highest BCUT2D eigenvalue weighted by molar-refractivity contribution is 5.38. The van der Waals surface area contributed by atoms with Crippen LogP contribution in [0.3, 0.4) is 0 Å². The first kappa shape index (κ1) is 21.5. The highest BCUT2D eigenvalue weighted by Gasteiger charge is 2.35. The van der Waals surface area contributed by atoms with E-state index in [0.29, 0.717) is 0 Å². The topological polar surface area (TPSA) is 58.5 Å². The molecule has 5 nitrogen and oxygen atoms in total. The molecule has 1 N–H and O–H groups in total. The summed E-state index contributed by atoms with van der Waals surface area (Å²) in [5.74, 6) is 0.810. The van der Waals surface area contributed by atoms with Gasteiger partial charge in [-0.1, -0.05) is 24.3 Å². The minimum Gasteiger partial charge on any atom is -0.496 e. The molecular formula is C26H31N3O2. The third-order valence-corrected chi connectivity index (χ3v) is 6.37. The number of aliphatic hydroxyl groups is 1. The number of rotatable bonds is 6. The largest absolute Gasteiger partial charge is 0.496 e. The lowest BCUT2D eigenvalue weighted by Gasteiger charge is -2.42. The molecule has 1 aliphatic rings. The number of benzene rings is 1. The fourth-order valence-electron chi connectivity index (χ4n) is 4.77. The first-order valence-corrected chi connectivity index (χ1v) is 11.0. The Hall–Kier alpha value is -2.76. The molecule has 0 radical (unpaired) electrons. The molecule has 31 heavy (non-hydrogen) atoms. The quantitative estimate of drug-likeness (QED) is 0.607. The van der Waals surface area contributed by atoms with E-state index < -0.39 is 0 Å². The molecule has 2 atom stereocenters. The summed E-state index contributed by atoms with van der Waals surface area (Å²) in [6, 6.07) is 14.7. The first-order valence-electron chi connectivity index (χ1n) is 11.0. The van der Waals surface area contributed by atoms with E-state index in [0.717, 1.165) is 54.1 Å². The molecule has 5 heteroatoms. The van der Waals surface area contributed by atoms with E-state index in [1.54, 1.807) is 7.11 Å². The van der Waals surface area contributed by atoms with Crippen LogP contribution >= 0.6 is 0 Å². The van der Waals surface area contributed by atoms with Gasteiger partial charge in [-0.25, -0.2) is 0 Å². The van der Waals surface area contributed by atoms with Crippen LogP contribution in [0.2, 0.25) is 0 Å². The van der Waals surface area contributed by atoms with Crippen molar-refractivity contribution < 1.29 is 9.84 Å². The van der Waals surface area contributed by atoms with Gasteiger partial charge in [-0.2, -0.15) is 0 Å². The van der Waals surface area contributed by atoms with E-state index in [-0.39, 0.29) is 18.7 Å². The Morgan fingerprint density at radius 3 is 2.10 bits per heavy atom. The standard InChI is InChI=1S/C26H31N3O2/c1-18-7-5-13-27-25(18)22-9-4-10-23(26-19(2)8-6-14-28-26)29(22)16-21-12-11-20(17-30)15-24(21)31-3/h5-8,11-15,22-23,30H,4,9-10,16-17H2,1-3H3/t22-,23+. The van der Waals surface area contributed by atoms with Gasteiger partial charge in [-0.15, -0.1) is 0 Å². The van der Waals surface area contributed by atoms with Crippen LogP contribution in [0.5, 0.6) is 5.75 Å². The van der Waals surface area contributed by atoms with Gasteiger partial charge in [0, 0.05) is 24.5 Å². The molecule has 0 amide bonds. The maximum Gasteiger partial charge on any atom is 0.123 e. The van der Waals surface area contributed by atoms with Crippen LogP contribution in [0.25, 0.3) is 0 Å². The van der Waals surface area contributed by atoms with Crippen LogP contribution in [0.15, 0.2) is 54.9 Å². The number of hydrogen-bond donors (Lipinski definition) is 1. The van der Waals surface area contributed by atoms with E-state index in [2.05, 4.69) is 36.9 Å². The Balaban J connectivity index is 1.78. The van der Waals surface area contributed by atoms with Crippen LogP contribution < -0.4 is 4.74 Å². The number of piperidine rings is 1. The number of aryl methyl sites for hydroxylation is 2. The fourth-order valence-corrected chi connectivity index (χ4v) is 4.77. The smallest absolute Gasteiger partial charge is 0.123 e. The Bertz CT molecular complexity index is 983. The number of ether oxygens (including phenoxy) is 1. The molecule has 3 heterocycles. The van der Waals surface area contributed by atoms with Gasteiger partial charge >= 0.3 is 0 Å². The summed E-state index contributed by atoms with van der Waals surface area (Å²) in [7, 11) is 1.69. The van der Waals surface area contributed by atoms with Crippen molar-refractivity contribution in [1.82, 2.24) is 14.9 Å². The Labute approximate surface area is 184 Å². The molecule has 162 valence electrons. The monoisotopic (exact) mass is 417 g/mol. The second kappa shape index (κ2) is 9.58. The molecule has 1 aromatic carbocycles. The van der Waals surface area contributed by atoms with Crippen LogP contribution in [0.4, 0.5) is 0 Å². The number of methoxy groups -OCH3 is 1. The average molecular weight is 418 g/mol. The van der Waals surface area contributed by atoms with Crippen LogP contribution in [-0.2, 0) is 13.2 Å². The molecule has 2 aromatic heterocycles. The van der Waals surface area contributed by atoms with Crippen molar-refractivity contribution >= 4 is 0 Å². The number of nitrogens with zero attached hydrogens (tertiary/aromatic N) is 3. The highest BCUT2D eigenvalue weighted by Crippen LogP contribution is 2.43. The molecule has 3 aromatic rings. The zero-order chi connectivity index (χ0) is 21.8. The Kier molecular flexibility index (Phi) is 6.64. The second-order valence-electron chi connectivity index (χ2n) is 8.35. The van der Waals surface area contributed by atoms with Crippen molar-refractivity contribution in [3.8, 4) is 5.75 Å². The van der Waals surface area contributed by atoms with E-state index >= 15 is 0 Å². The van der Waals surface area contributed by atoms with Gasteiger partial charge in [0.05, 0.1) is 37.2 Å². The van der Waals surface area contributed by atoms with E-state index in [9.17, 15) is 5.11 Å². The van der Waals surface area contributed by atoms with Gasteiger partial charge in [0.2, 0.25) is 0 Å². The molecule has 0 unspecified atom stereocenters. The third-order valence-electron chi connectivity index (χ3n) is 6.37. The van der Waals surface area contributed by atoms with Crippen molar-refractivity contribution in [3.63, 3.8) is 0 Å². The van der Waals surface area contributed by atoms with Gasteiger partial charge in [0.25, 0.3) is 0 Å². The molecule has 0 spiro atoms. The lowest BCUT2D eigenvalue weighted by atomic mass is 9.88. The summed E-state index contributed by atoms with van der Waals surface area (Å²) < 4.78 is 5.69. The summed E-state index contributed by atoms with van der Waals surface area (Å²) in [6.07, 6.45) is 7.06. The Morgan fingerprint density at radius 1 is 0.968 bits per heavy atom. The van der Waals surface area contributed by atoms with E-state index in [1.165, 1.54) is 11.1 Å². The maximum atomic E-state index is 9.53. The van der Waals surface area contributed by atoms with Crippen LogP contribution in [0, 0.1) is 13.8 Å². The van der Waals surface area contributed by atoms with Crippen LogP contribution in [-0.4, -0.2) is 27.1 Å². The van der Waals surface area contributed by atoms with Crippen LogP contribution in [0.1, 0.15) is 65.0 Å². The fraction of sp³-hybridized carbons (Fsp3) is 0.385. The molecule has 0 bridgehead atoms. The highest BCUT2D eigenvalue weighted by atomic mass is 16.5. The number of aliphatic hydroxyl groups excluding tert-OH is 1. The van der Waals surface area contributed by atoms with Gasteiger partial charge in [-0.05, 0) is 68.0 Å². The lowest BCUT2D eigenvalue weighted by Crippen LogP contribution is -2.37. The predicted molar refractivity (Wildman–Crippen MR) is 122 cm³/mol. The average Bonchev–Trinajstić information content (AvgIpc) is 2.80. The molecule has 1 fully saturated rings. The van der Waals surface area contributed by atoms with Gasteiger partial charge in [0.15, 0.2) is 0 Å². The molecular weight excluding hydrogens is 386 g/mol. The van der Waals surface area contributed by atoms with E-state index in [4.69, 9.17) is 14.7 Å². The molecule has 4 rings (SSSR count). The number of likely N-dealkylation sites (tertiary alicyclic amines) is 1. The number of hydrogen-bond acceptors (Lipinski definition) is 5. The number of pyridine rings is 2. The molecule has 0 aliphatic carbocycles. The van der Waals surface area contributed by atoms with Gasteiger partial charge < -0.3 is 9.84 Å². The third kappa shape index (κ3) is 4.48. The van der Waals surface area contributed by atoms with Gasteiger partial charge in [0.1, 0.15) is 5.75 Å². The lowest BCUT2D eigenvalue weighted by molar-refractivity contribution is 0.0670. The summed E-state index contributed by atoms with van der Waals surface area (Å²) in [5.41, 5.74) is 6.70. The summed E-state index contributed by atoms with van der Waals surface area (Å²) in [4.78, 5) is 12.1. The van der Waals surface area contributed by atoms with Crippen molar-refractivity contribution in [1.29, 1.82) is 0 Å². The zero-order valence-corrected chi connectivity index (χ0v) is 18.6. The second-order valence-corrected chi connectivity index (χ2v) is 8.35. The van der Waals surface area contributed by atoms with Crippen molar-refractivity contribution in [2.45, 2.75) is 58.3 Å². The number of aromatic nitrogens is 2. The molecule has 1 saturated heterocycles. The summed E-state index contributed by atoms with van der Waals surface area (Å²) in [6.45, 7) is 5.03. The zero-order valence-electron chi connectivity index (χ0n) is 18.6. The van der Waals surface area contributed by atoms with Crippen molar-refractivity contribution in [2.24, 2.45) is 0 Å². The minimum absolute atomic E-state index is 0.00582. The molecule has 0 saturated carbocycles. The summed E-state index contributed by atoms with van der Waals surface area (Å²) >= 11 is 0. The SMILES string of the molecule is COc1cc(CO)ccc1CN1[C@@H](c2ncccc2C)CCC[C@H]1c1ncccc1C. The predicted octanol–water partition coefficient (Wildman–Crippen LogP) is 5.06. The van der Waals surface area contributed by atoms with Crippen molar-refractivity contribution in [3.05, 3.63) is 88.5 Å². The minimum atomic E-state index is 0.00582. The molecule has 1 aliphatic heterocycles. The van der Waals surface area contributed by atoms with Crippen molar-refractivity contribution in [2.75, 3.05) is 7.11 Å². The first-order chi connectivity index (χ1) is 15.1. The van der Waals surface area contributed by atoms with E-state index in [1.807, 2.05) is 36.7 Å². The normalized spacial score (nSPS) is 19.4.